The van der Waals surface area contributed by atoms with Gasteiger partial charge in [-0.1, -0.05) is 0 Å². The predicted molar refractivity (Wildman–Crippen MR) is 88.7 cm³/mol. The van der Waals surface area contributed by atoms with E-state index >= 15 is 0 Å². The Labute approximate surface area is 140 Å². The zero-order valence-corrected chi connectivity index (χ0v) is 14.1. The van der Waals surface area contributed by atoms with Crippen molar-refractivity contribution in [2.75, 3.05) is 18.4 Å². The molecule has 3 heterocycles. The van der Waals surface area contributed by atoms with Crippen LogP contribution >= 0.6 is 0 Å². The molecule has 3 rings (SSSR count). The van der Waals surface area contributed by atoms with Gasteiger partial charge in [0, 0.05) is 38.3 Å². The summed E-state index contributed by atoms with van der Waals surface area (Å²) in [5, 5.41) is 18.1. The molecular formula is C16H22N6O2. The van der Waals surface area contributed by atoms with Gasteiger partial charge in [-0.25, -0.2) is 0 Å². The second-order valence-electron chi connectivity index (χ2n) is 5.92. The number of fused-ring (bicyclic) bond motifs is 1. The van der Waals surface area contributed by atoms with Gasteiger partial charge in [0.2, 0.25) is 0 Å². The summed E-state index contributed by atoms with van der Waals surface area (Å²) in [5.74, 6) is 0.524. The topological polar surface area (TPSA) is 94.0 Å². The fourth-order valence-corrected chi connectivity index (χ4v) is 3.07. The minimum atomic E-state index is -0.158. The number of nitrogens with zero attached hydrogens (tertiary/aromatic N) is 4. The Morgan fingerprint density at radius 1 is 1.42 bits per heavy atom. The van der Waals surface area contributed by atoms with Gasteiger partial charge in [-0.05, 0) is 26.0 Å². The molecular weight excluding hydrogens is 308 g/mol. The average Bonchev–Trinajstić information content (AvgIpc) is 2.89. The molecule has 8 heteroatoms. The van der Waals surface area contributed by atoms with Crippen LogP contribution in [0.2, 0.25) is 0 Å². The van der Waals surface area contributed by atoms with Crippen LogP contribution in [0.25, 0.3) is 0 Å². The van der Waals surface area contributed by atoms with Crippen molar-refractivity contribution < 1.29 is 9.53 Å². The molecule has 2 aromatic heterocycles. The van der Waals surface area contributed by atoms with Gasteiger partial charge in [-0.3, -0.25) is 9.48 Å². The Morgan fingerprint density at radius 3 is 3.00 bits per heavy atom. The lowest BCUT2D eigenvalue weighted by Gasteiger charge is -2.26. The molecule has 0 saturated carbocycles. The highest BCUT2D eigenvalue weighted by molar-refractivity contribution is 5.94. The molecule has 1 aliphatic heterocycles. The molecule has 0 bridgehead atoms. The number of carbonyl (C=O) groups is 1. The number of ether oxygens (including phenoxy) is 1. The number of aromatic nitrogens is 4. The van der Waals surface area contributed by atoms with Crippen LogP contribution in [0.5, 0.6) is 0 Å². The van der Waals surface area contributed by atoms with E-state index in [4.69, 9.17) is 4.74 Å². The molecule has 2 aromatic rings. The summed E-state index contributed by atoms with van der Waals surface area (Å²) in [6.07, 6.45) is 2.35. The van der Waals surface area contributed by atoms with Gasteiger partial charge < -0.3 is 15.4 Å². The summed E-state index contributed by atoms with van der Waals surface area (Å²) < 4.78 is 7.57. The van der Waals surface area contributed by atoms with Gasteiger partial charge in [-0.15, -0.1) is 5.10 Å². The Balaban J connectivity index is 1.61. The third kappa shape index (κ3) is 3.38. The molecule has 0 fully saturated rings. The summed E-state index contributed by atoms with van der Waals surface area (Å²) in [7, 11) is 1.85. The predicted octanol–water partition coefficient (Wildman–Crippen LogP) is 1.07. The SMILES string of the molecule is C[C@@H]1Cc2c(C(=O)NCCNc3cccnn3)nn(C)c2[C@H](C)O1. The molecule has 0 unspecified atom stereocenters. The molecule has 24 heavy (non-hydrogen) atoms. The van der Waals surface area contributed by atoms with Gasteiger partial charge in [0.15, 0.2) is 5.69 Å². The highest BCUT2D eigenvalue weighted by atomic mass is 16.5. The third-order valence-corrected chi connectivity index (χ3v) is 4.01. The molecule has 0 aromatic carbocycles. The Morgan fingerprint density at radius 2 is 2.25 bits per heavy atom. The zero-order valence-electron chi connectivity index (χ0n) is 14.1. The normalized spacial score (nSPS) is 19.6. The van der Waals surface area contributed by atoms with Crippen molar-refractivity contribution in [1.82, 2.24) is 25.3 Å². The monoisotopic (exact) mass is 330 g/mol. The van der Waals surface area contributed by atoms with Crippen LogP contribution in [-0.2, 0) is 18.2 Å². The molecule has 1 aliphatic rings. The standard InChI is InChI=1S/C16H22N6O2/c1-10-9-12-14(21-22(3)15(12)11(2)24-10)16(23)18-8-7-17-13-5-4-6-19-20-13/h4-6,10-11H,7-9H2,1-3H3,(H,17,20)(H,18,23)/t10-,11+/m1/s1. The Hall–Kier alpha value is -2.48. The van der Waals surface area contributed by atoms with Crippen LogP contribution in [0.4, 0.5) is 5.82 Å². The quantitative estimate of drug-likeness (QED) is 0.797. The van der Waals surface area contributed by atoms with Gasteiger partial charge in [0.25, 0.3) is 5.91 Å². The van der Waals surface area contributed by atoms with Crippen LogP contribution in [0.15, 0.2) is 18.3 Å². The van der Waals surface area contributed by atoms with E-state index in [2.05, 4.69) is 25.9 Å². The minimum Gasteiger partial charge on any atom is -0.369 e. The summed E-state index contributed by atoms with van der Waals surface area (Å²) >= 11 is 0. The van der Waals surface area contributed by atoms with Gasteiger partial charge in [0.05, 0.1) is 17.9 Å². The fraction of sp³-hybridized carbons (Fsp3) is 0.500. The summed E-state index contributed by atoms with van der Waals surface area (Å²) in [6.45, 7) is 5.04. The lowest BCUT2D eigenvalue weighted by Crippen LogP contribution is -2.31. The second kappa shape index (κ2) is 6.96. The lowest BCUT2D eigenvalue weighted by molar-refractivity contribution is -0.00902. The molecule has 128 valence electrons. The first kappa shape index (κ1) is 16.4. The van der Waals surface area contributed by atoms with E-state index in [0.717, 1.165) is 11.3 Å². The number of carbonyl (C=O) groups excluding carboxylic acids is 1. The zero-order chi connectivity index (χ0) is 17.1. The van der Waals surface area contributed by atoms with Crippen LogP contribution in [0.3, 0.4) is 0 Å². The van der Waals surface area contributed by atoms with E-state index in [-0.39, 0.29) is 18.1 Å². The number of hydrogen-bond donors (Lipinski definition) is 2. The van der Waals surface area contributed by atoms with Crippen LogP contribution in [0.1, 0.15) is 41.7 Å². The van der Waals surface area contributed by atoms with Crippen molar-refractivity contribution in [3.63, 3.8) is 0 Å². The van der Waals surface area contributed by atoms with Crippen LogP contribution < -0.4 is 10.6 Å². The average molecular weight is 330 g/mol. The summed E-state index contributed by atoms with van der Waals surface area (Å²) in [6, 6.07) is 3.63. The van der Waals surface area contributed by atoms with Crippen LogP contribution in [0, 0.1) is 0 Å². The second-order valence-corrected chi connectivity index (χ2v) is 5.92. The maximum absolute atomic E-state index is 12.5. The van der Waals surface area contributed by atoms with Crippen molar-refractivity contribution in [3.8, 4) is 0 Å². The van der Waals surface area contributed by atoms with Crippen LogP contribution in [-0.4, -0.2) is 45.1 Å². The van der Waals surface area contributed by atoms with Gasteiger partial charge in [0.1, 0.15) is 5.82 Å². The number of hydrogen-bond acceptors (Lipinski definition) is 6. The van der Waals surface area contributed by atoms with E-state index in [1.165, 1.54) is 0 Å². The smallest absolute Gasteiger partial charge is 0.272 e. The van der Waals surface area contributed by atoms with Crippen molar-refractivity contribution in [1.29, 1.82) is 0 Å². The lowest BCUT2D eigenvalue weighted by atomic mass is 9.99. The molecule has 2 atom stereocenters. The van der Waals surface area contributed by atoms with E-state index in [9.17, 15) is 4.79 Å². The van der Waals surface area contributed by atoms with E-state index in [1.54, 1.807) is 16.9 Å². The number of rotatable bonds is 5. The molecule has 0 aliphatic carbocycles. The molecule has 0 radical (unpaired) electrons. The molecule has 8 nitrogen and oxygen atoms in total. The highest BCUT2D eigenvalue weighted by Crippen LogP contribution is 2.31. The maximum Gasteiger partial charge on any atom is 0.272 e. The summed E-state index contributed by atoms with van der Waals surface area (Å²) in [5.41, 5.74) is 2.47. The van der Waals surface area contributed by atoms with Gasteiger partial charge in [-0.2, -0.15) is 10.2 Å². The molecule has 0 saturated heterocycles. The van der Waals surface area contributed by atoms with Crippen molar-refractivity contribution in [3.05, 3.63) is 35.3 Å². The highest BCUT2D eigenvalue weighted by Gasteiger charge is 2.31. The first-order chi connectivity index (χ1) is 11.6. The minimum absolute atomic E-state index is 0.0545. The molecule has 2 N–H and O–H groups in total. The third-order valence-electron chi connectivity index (χ3n) is 4.01. The number of nitrogens with one attached hydrogen (secondary N) is 2. The van der Waals surface area contributed by atoms with Crippen molar-refractivity contribution in [2.24, 2.45) is 7.05 Å². The van der Waals surface area contributed by atoms with Crippen molar-refractivity contribution >= 4 is 11.7 Å². The summed E-state index contributed by atoms with van der Waals surface area (Å²) in [4.78, 5) is 12.5. The maximum atomic E-state index is 12.5. The van der Waals surface area contributed by atoms with E-state index < -0.39 is 0 Å². The van der Waals surface area contributed by atoms with E-state index in [1.807, 2.05) is 27.0 Å². The van der Waals surface area contributed by atoms with Crippen molar-refractivity contribution in [2.45, 2.75) is 32.5 Å². The van der Waals surface area contributed by atoms with E-state index in [0.29, 0.717) is 31.0 Å². The number of anilines is 1. The number of aryl methyl sites for hydroxylation is 1. The van der Waals surface area contributed by atoms with Gasteiger partial charge >= 0.3 is 0 Å². The first-order valence-corrected chi connectivity index (χ1v) is 8.07. The molecule has 0 spiro atoms. The fourth-order valence-electron chi connectivity index (χ4n) is 3.07. The Kier molecular flexibility index (Phi) is 4.75. The Bertz CT molecular complexity index is 715. The first-order valence-electron chi connectivity index (χ1n) is 8.07. The largest absolute Gasteiger partial charge is 0.369 e. The number of amides is 1. The molecule has 1 amide bonds.